The summed E-state index contributed by atoms with van der Waals surface area (Å²) in [5, 5.41) is 0. The maximum absolute atomic E-state index is 12.4. The Bertz CT molecular complexity index is 366. The van der Waals surface area contributed by atoms with Crippen molar-refractivity contribution in [2.75, 3.05) is 26.2 Å². The molecule has 2 rings (SSSR count). The van der Waals surface area contributed by atoms with E-state index in [2.05, 4.69) is 27.7 Å². The fourth-order valence-corrected chi connectivity index (χ4v) is 4.44. The van der Waals surface area contributed by atoms with Crippen LogP contribution in [0.5, 0.6) is 0 Å². The fourth-order valence-electron chi connectivity index (χ4n) is 4.44. The molecule has 2 fully saturated rings. The van der Waals surface area contributed by atoms with Gasteiger partial charge in [0.1, 0.15) is 0 Å². The minimum absolute atomic E-state index is 0.233. The topological polar surface area (TPSA) is 40.6 Å². The van der Waals surface area contributed by atoms with E-state index in [9.17, 15) is 9.59 Å². The van der Waals surface area contributed by atoms with Gasteiger partial charge >= 0.3 is 0 Å². The first-order chi connectivity index (χ1) is 10.8. The zero-order valence-corrected chi connectivity index (χ0v) is 15.4. The zero-order chi connectivity index (χ0) is 17.0. The van der Waals surface area contributed by atoms with Crippen LogP contribution in [0.2, 0.25) is 0 Å². The molecular weight excluding hydrogens is 288 g/mol. The molecular formula is C19H34N2O2. The minimum Gasteiger partial charge on any atom is -0.342 e. The van der Waals surface area contributed by atoms with E-state index in [1.807, 2.05) is 9.80 Å². The first-order valence-electron chi connectivity index (χ1n) is 9.40. The monoisotopic (exact) mass is 322 g/mol. The molecule has 2 aliphatic heterocycles. The number of amides is 2. The number of likely N-dealkylation sites (tertiary alicyclic amines) is 2. The van der Waals surface area contributed by atoms with E-state index in [-0.39, 0.29) is 11.8 Å². The summed E-state index contributed by atoms with van der Waals surface area (Å²) in [6, 6.07) is 0. The maximum Gasteiger partial charge on any atom is 0.222 e. The Hall–Kier alpha value is -1.06. The number of carbonyl (C=O) groups excluding carboxylic acids is 2. The third-order valence-electron chi connectivity index (χ3n) is 5.22. The van der Waals surface area contributed by atoms with Gasteiger partial charge in [0.05, 0.1) is 0 Å². The predicted octanol–water partition coefficient (Wildman–Crippen LogP) is 3.17. The van der Waals surface area contributed by atoms with E-state index in [4.69, 9.17) is 0 Å². The number of nitrogens with zero attached hydrogens (tertiary/aromatic N) is 2. The molecule has 0 spiro atoms. The molecule has 0 aliphatic carbocycles. The van der Waals surface area contributed by atoms with Gasteiger partial charge in [-0.3, -0.25) is 9.59 Å². The van der Waals surface area contributed by atoms with E-state index < -0.39 is 0 Å². The first kappa shape index (κ1) is 18.3. The average molecular weight is 322 g/mol. The third-order valence-corrected chi connectivity index (χ3v) is 5.22. The average Bonchev–Trinajstić information content (AvgIpc) is 2.44. The molecule has 0 aromatic carbocycles. The molecule has 0 aromatic heterocycles. The lowest BCUT2D eigenvalue weighted by Crippen LogP contribution is -2.43. The highest BCUT2D eigenvalue weighted by Gasteiger charge is 2.27. The molecule has 4 heteroatoms. The molecule has 132 valence electrons. The van der Waals surface area contributed by atoms with Crippen molar-refractivity contribution in [3.05, 3.63) is 0 Å². The largest absolute Gasteiger partial charge is 0.342 e. The normalized spacial score (nSPS) is 32.0. The number of carbonyl (C=O) groups is 2. The summed E-state index contributed by atoms with van der Waals surface area (Å²) in [5.74, 6) is 2.86. The van der Waals surface area contributed by atoms with Crippen LogP contribution in [0.4, 0.5) is 0 Å². The van der Waals surface area contributed by atoms with Crippen LogP contribution in [-0.2, 0) is 9.59 Å². The van der Waals surface area contributed by atoms with Crippen molar-refractivity contribution < 1.29 is 9.59 Å². The molecule has 2 aliphatic rings. The third kappa shape index (κ3) is 5.50. The second-order valence-electron chi connectivity index (χ2n) is 8.34. The lowest BCUT2D eigenvalue weighted by atomic mass is 9.91. The van der Waals surface area contributed by atoms with Crippen molar-refractivity contribution in [2.24, 2.45) is 23.7 Å². The SMILES string of the molecule is CC1CC(C)CN(C(=O)CCCC(=O)N2CC(C)CC(C)C2)C1. The second-order valence-corrected chi connectivity index (χ2v) is 8.34. The van der Waals surface area contributed by atoms with Gasteiger partial charge in [-0.25, -0.2) is 0 Å². The van der Waals surface area contributed by atoms with Gasteiger partial charge in [0.15, 0.2) is 0 Å². The molecule has 2 heterocycles. The Labute approximate surface area is 141 Å². The van der Waals surface area contributed by atoms with Crippen molar-refractivity contribution in [3.8, 4) is 0 Å². The quantitative estimate of drug-likeness (QED) is 0.797. The van der Waals surface area contributed by atoms with E-state index in [0.29, 0.717) is 42.9 Å². The summed E-state index contributed by atoms with van der Waals surface area (Å²) in [5.41, 5.74) is 0. The summed E-state index contributed by atoms with van der Waals surface area (Å²) in [6.07, 6.45) is 4.16. The molecule has 0 bridgehead atoms. The Morgan fingerprint density at radius 1 is 0.696 bits per heavy atom. The first-order valence-corrected chi connectivity index (χ1v) is 9.40. The van der Waals surface area contributed by atoms with E-state index >= 15 is 0 Å². The van der Waals surface area contributed by atoms with Crippen molar-refractivity contribution in [1.29, 1.82) is 0 Å². The van der Waals surface area contributed by atoms with Gasteiger partial charge in [-0.1, -0.05) is 27.7 Å². The van der Waals surface area contributed by atoms with E-state index in [1.165, 1.54) is 12.8 Å². The Balaban J connectivity index is 1.71. The highest BCUT2D eigenvalue weighted by atomic mass is 16.2. The molecule has 4 atom stereocenters. The molecule has 0 saturated carbocycles. The molecule has 0 radical (unpaired) electrons. The van der Waals surface area contributed by atoms with Gasteiger partial charge in [-0.15, -0.1) is 0 Å². The summed E-state index contributed by atoms with van der Waals surface area (Å²) < 4.78 is 0. The molecule has 0 N–H and O–H groups in total. The Morgan fingerprint density at radius 2 is 1.00 bits per heavy atom. The number of hydrogen-bond donors (Lipinski definition) is 0. The zero-order valence-electron chi connectivity index (χ0n) is 15.4. The number of piperidine rings is 2. The van der Waals surface area contributed by atoms with Crippen LogP contribution in [0.1, 0.15) is 59.8 Å². The summed E-state index contributed by atoms with van der Waals surface area (Å²) in [6.45, 7) is 12.4. The van der Waals surface area contributed by atoms with Gasteiger partial charge in [-0.05, 0) is 42.9 Å². The molecule has 2 saturated heterocycles. The lowest BCUT2D eigenvalue weighted by Gasteiger charge is -2.36. The highest BCUT2D eigenvalue weighted by molar-refractivity contribution is 5.79. The Kier molecular flexibility index (Phi) is 6.49. The molecule has 2 amide bonds. The van der Waals surface area contributed by atoms with E-state index in [1.54, 1.807) is 0 Å². The van der Waals surface area contributed by atoms with Crippen LogP contribution >= 0.6 is 0 Å². The van der Waals surface area contributed by atoms with Crippen molar-refractivity contribution in [2.45, 2.75) is 59.8 Å². The van der Waals surface area contributed by atoms with Crippen molar-refractivity contribution in [1.82, 2.24) is 9.80 Å². The van der Waals surface area contributed by atoms with Crippen LogP contribution in [0.15, 0.2) is 0 Å². The van der Waals surface area contributed by atoms with Gasteiger partial charge in [0.25, 0.3) is 0 Å². The maximum atomic E-state index is 12.4. The number of hydrogen-bond acceptors (Lipinski definition) is 2. The van der Waals surface area contributed by atoms with Crippen LogP contribution in [0.3, 0.4) is 0 Å². The number of rotatable bonds is 4. The van der Waals surface area contributed by atoms with Crippen molar-refractivity contribution in [3.63, 3.8) is 0 Å². The molecule has 4 nitrogen and oxygen atoms in total. The van der Waals surface area contributed by atoms with Gasteiger partial charge in [0.2, 0.25) is 11.8 Å². The van der Waals surface area contributed by atoms with Gasteiger partial charge in [0, 0.05) is 39.0 Å². The second kappa shape index (κ2) is 8.16. The molecule has 4 unspecified atom stereocenters. The predicted molar refractivity (Wildman–Crippen MR) is 92.9 cm³/mol. The summed E-state index contributed by atoms with van der Waals surface area (Å²) in [7, 11) is 0. The standard InChI is InChI=1S/C19H34N2O2/c1-14-8-15(2)11-20(10-14)18(22)6-5-7-19(23)21-12-16(3)9-17(4)13-21/h14-17H,5-13H2,1-4H3. The molecule has 0 aromatic rings. The van der Waals surface area contributed by atoms with Crippen LogP contribution in [0.25, 0.3) is 0 Å². The van der Waals surface area contributed by atoms with E-state index in [0.717, 1.165) is 26.2 Å². The fraction of sp³-hybridized carbons (Fsp3) is 0.895. The summed E-state index contributed by atoms with van der Waals surface area (Å²) >= 11 is 0. The van der Waals surface area contributed by atoms with Gasteiger partial charge < -0.3 is 9.80 Å². The lowest BCUT2D eigenvalue weighted by molar-refractivity contribution is -0.135. The van der Waals surface area contributed by atoms with Gasteiger partial charge in [-0.2, -0.15) is 0 Å². The van der Waals surface area contributed by atoms with Crippen LogP contribution < -0.4 is 0 Å². The highest BCUT2D eigenvalue weighted by Crippen LogP contribution is 2.23. The van der Waals surface area contributed by atoms with Crippen molar-refractivity contribution >= 4 is 11.8 Å². The van der Waals surface area contributed by atoms with Crippen LogP contribution in [0, 0.1) is 23.7 Å². The van der Waals surface area contributed by atoms with Crippen LogP contribution in [-0.4, -0.2) is 47.8 Å². The molecule has 23 heavy (non-hydrogen) atoms. The summed E-state index contributed by atoms with van der Waals surface area (Å²) in [4.78, 5) is 28.7. The Morgan fingerprint density at radius 3 is 1.30 bits per heavy atom. The smallest absolute Gasteiger partial charge is 0.222 e. The minimum atomic E-state index is 0.233.